The van der Waals surface area contributed by atoms with Crippen LogP contribution in [0.4, 0.5) is 4.79 Å². The minimum atomic E-state index is -0.497. The summed E-state index contributed by atoms with van der Waals surface area (Å²) < 4.78 is 9.25. The van der Waals surface area contributed by atoms with Crippen LogP contribution in [0.2, 0.25) is 0 Å². The number of rotatable bonds is 5. The van der Waals surface area contributed by atoms with Crippen molar-refractivity contribution in [1.29, 1.82) is 0 Å². The van der Waals surface area contributed by atoms with E-state index >= 15 is 0 Å². The molecule has 24 heavy (non-hydrogen) atoms. The van der Waals surface area contributed by atoms with Crippen LogP contribution < -0.4 is 5.32 Å². The van der Waals surface area contributed by atoms with Crippen LogP contribution in [0.3, 0.4) is 0 Å². The van der Waals surface area contributed by atoms with Crippen molar-refractivity contribution >= 4 is 12.4 Å². The molecule has 0 spiro atoms. The van der Waals surface area contributed by atoms with Crippen molar-refractivity contribution in [3.8, 4) is 0 Å². The highest BCUT2D eigenvalue weighted by atomic mass is 16.6. The molecule has 1 unspecified atom stereocenters. The lowest BCUT2D eigenvalue weighted by molar-refractivity contribution is -0.110. The van der Waals surface area contributed by atoms with Crippen molar-refractivity contribution in [2.24, 2.45) is 11.3 Å². The third-order valence-corrected chi connectivity index (χ3v) is 3.86. The van der Waals surface area contributed by atoms with Gasteiger partial charge in [-0.15, -0.1) is 0 Å². The first-order valence-electron chi connectivity index (χ1n) is 9.06. The molecule has 5 heteroatoms. The summed E-state index contributed by atoms with van der Waals surface area (Å²) in [5.41, 5.74) is 0.428. The average Bonchev–Trinajstić information content (AvgIpc) is 2.50. The molecule has 1 fully saturated rings. The van der Waals surface area contributed by atoms with E-state index in [0.717, 1.165) is 25.5 Å². The monoisotopic (exact) mass is 345 g/mol. The van der Waals surface area contributed by atoms with Gasteiger partial charge in [0.15, 0.2) is 0 Å². The van der Waals surface area contributed by atoms with Gasteiger partial charge in [0.1, 0.15) is 6.29 Å². The summed E-state index contributed by atoms with van der Waals surface area (Å²) in [6.45, 7) is 12.2. The number of nitrogens with one attached hydrogen (secondary N) is 1. The van der Waals surface area contributed by atoms with E-state index in [4.69, 9.17) is 4.74 Å². The zero-order chi connectivity index (χ0) is 19.2. The highest BCUT2D eigenvalue weighted by molar-refractivity contribution is 5.73. The van der Waals surface area contributed by atoms with Crippen LogP contribution in [-0.4, -0.2) is 38.7 Å². The van der Waals surface area contributed by atoms with Crippen LogP contribution in [0, 0.1) is 11.3 Å². The lowest BCUT2D eigenvalue weighted by Gasteiger charge is -2.35. The maximum Gasteiger partial charge on any atom is 0.407 e. The van der Waals surface area contributed by atoms with Gasteiger partial charge in [-0.3, -0.25) is 0 Å². The number of aldehydes is 1. The number of amides is 1. The molecule has 0 aromatic carbocycles. The van der Waals surface area contributed by atoms with Crippen molar-refractivity contribution in [2.45, 2.75) is 85.8 Å². The molecule has 1 saturated carbocycles. The number of hydrogen-bond acceptors (Lipinski definition) is 4. The summed E-state index contributed by atoms with van der Waals surface area (Å²) in [5, 5.41) is 2.64. The highest BCUT2D eigenvalue weighted by Crippen LogP contribution is 2.39. The van der Waals surface area contributed by atoms with Crippen LogP contribution in [0.25, 0.3) is 0 Å². The first-order chi connectivity index (χ1) is 11.2. The molecule has 0 heterocycles. The largest absolute Gasteiger partial charge is 0.447 e. The molecule has 5 nitrogen and oxygen atoms in total. The van der Waals surface area contributed by atoms with Crippen LogP contribution >= 0.6 is 0 Å². The molecule has 0 aromatic rings. The zero-order valence-electron chi connectivity index (χ0n) is 17.0. The predicted molar refractivity (Wildman–Crippen MR) is 99.2 cm³/mol. The maximum atomic E-state index is 11.5. The molecule has 1 rings (SSSR count). The number of carbonyl (C=O) groups excluding carboxylic acids is 2. The molecule has 0 bridgehead atoms. The van der Waals surface area contributed by atoms with E-state index in [1.54, 1.807) is 28.1 Å². The Kier molecular flexibility index (Phi) is 14.9. The molecule has 1 atom stereocenters. The van der Waals surface area contributed by atoms with Crippen molar-refractivity contribution in [2.75, 3.05) is 14.2 Å². The minimum absolute atomic E-state index is 0.164. The molecule has 1 aliphatic rings. The lowest BCUT2D eigenvalue weighted by Crippen LogP contribution is -2.39. The third kappa shape index (κ3) is 13.3. The topological polar surface area (TPSA) is 64.6 Å². The fourth-order valence-corrected chi connectivity index (χ4v) is 2.60. The fourth-order valence-electron chi connectivity index (χ4n) is 2.60. The molecule has 0 aliphatic heterocycles. The number of ether oxygens (including phenoxy) is 2. The molecule has 144 valence electrons. The second-order valence-corrected chi connectivity index (χ2v) is 7.09. The normalized spacial score (nSPS) is 17.5. The molecule has 0 radical (unpaired) electrons. The zero-order valence-corrected chi connectivity index (χ0v) is 17.0. The van der Waals surface area contributed by atoms with E-state index in [0.29, 0.717) is 11.3 Å². The molecule has 1 aliphatic carbocycles. The van der Waals surface area contributed by atoms with E-state index in [9.17, 15) is 9.59 Å². The van der Waals surface area contributed by atoms with E-state index in [1.807, 2.05) is 13.8 Å². The second kappa shape index (κ2) is 14.3. The van der Waals surface area contributed by atoms with Crippen molar-refractivity contribution in [3.63, 3.8) is 0 Å². The summed E-state index contributed by atoms with van der Waals surface area (Å²) in [6, 6.07) is -0.419. The van der Waals surface area contributed by atoms with Gasteiger partial charge in [0.05, 0.1) is 12.1 Å². The number of alkyl carbamates (subject to hydrolysis) is 1. The summed E-state index contributed by atoms with van der Waals surface area (Å²) in [4.78, 5) is 22.5. The highest BCUT2D eigenvalue weighted by Gasteiger charge is 2.28. The Morgan fingerprint density at radius 3 is 2.04 bits per heavy atom. The van der Waals surface area contributed by atoms with Crippen LogP contribution in [0.5, 0.6) is 0 Å². The summed E-state index contributed by atoms with van der Waals surface area (Å²) in [6.07, 6.45) is 5.55. The molecular formula is C19H39NO4. The summed E-state index contributed by atoms with van der Waals surface area (Å²) in [5.74, 6) is 0.530. The van der Waals surface area contributed by atoms with Crippen LogP contribution in [0.1, 0.15) is 73.6 Å². The SMILES string of the molecule is CC.CC(C)OC(=O)NC(C=O)CC1CCC(C)(C)CC1.COC. The minimum Gasteiger partial charge on any atom is -0.447 e. The van der Waals surface area contributed by atoms with Gasteiger partial charge in [0.25, 0.3) is 0 Å². The van der Waals surface area contributed by atoms with Gasteiger partial charge in [0, 0.05) is 14.2 Å². The Morgan fingerprint density at radius 2 is 1.67 bits per heavy atom. The van der Waals surface area contributed by atoms with Gasteiger partial charge in [0.2, 0.25) is 0 Å². The first kappa shape index (κ1) is 25.1. The van der Waals surface area contributed by atoms with Gasteiger partial charge in [-0.25, -0.2) is 4.79 Å². The lowest BCUT2D eigenvalue weighted by atomic mass is 9.72. The first-order valence-corrected chi connectivity index (χ1v) is 9.06. The van der Waals surface area contributed by atoms with Crippen LogP contribution in [0.15, 0.2) is 0 Å². The Morgan fingerprint density at radius 1 is 1.21 bits per heavy atom. The fraction of sp³-hybridized carbons (Fsp3) is 0.895. The quantitative estimate of drug-likeness (QED) is 0.741. The second-order valence-electron chi connectivity index (χ2n) is 7.09. The average molecular weight is 346 g/mol. The number of hydrogen-bond donors (Lipinski definition) is 1. The summed E-state index contributed by atoms with van der Waals surface area (Å²) >= 11 is 0. The van der Waals surface area contributed by atoms with E-state index in [2.05, 4.69) is 23.9 Å². The van der Waals surface area contributed by atoms with Gasteiger partial charge < -0.3 is 19.6 Å². The Balaban J connectivity index is 0. The maximum absolute atomic E-state index is 11.5. The van der Waals surface area contributed by atoms with Gasteiger partial charge in [-0.1, -0.05) is 27.7 Å². The van der Waals surface area contributed by atoms with E-state index in [1.165, 1.54) is 12.8 Å². The Bertz CT molecular complexity index is 319. The van der Waals surface area contributed by atoms with Crippen molar-refractivity contribution in [1.82, 2.24) is 5.32 Å². The predicted octanol–water partition coefficient (Wildman–Crippen LogP) is 4.58. The smallest absolute Gasteiger partial charge is 0.407 e. The van der Waals surface area contributed by atoms with Gasteiger partial charge in [-0.05, 0) is 57.3 Å². The number of carbonyl (C=O) groups is 2. The molecular weight excluding hydrogens is 306 g/mol. The molecule has 1 N–H and O–H groups in total. The van der Waals surface area contributed by atoms with Crippen LogP contribution in [-0.2, 0) is 14.3 Å². The molecule has 0 saturated heterocycles. The Hall–Kier alpha value is -1.10. The van der Waals surface area contributed by atoms with Gasteiger partial charge in [-0.2, -0.15) is 0 Å². The van der Waals surface area contributed by atoms with E-state index < -0.39 is 12.1 Å². The molecule has 1 amide bonds. The molecule has 0 aromatic heterocycles. The van der Waals surface area contributed by atoms with E-state index in [-0.39, 0.29) is 6.10 Å². The Labute approximate surface area is 148 Å². The standard InChI is InChI=1S/C15H27NO3.C2H6O.C2H6/c1-11(2)19-14(18)16-13(10-17)9-12-5-7-15(3,4)8-6-12;1-3-2;1-2/h10-13H,5-9H2,1-4H3,(H,16,18);1-2H3;1-2H3. The van der Waals surface area contributed by atoms with Crippen molar-refractivity contribution < 1.29 is 19.1 Å². The van der Waals surface area contributed by atoms with Gasteiger partial charge >= 0.3 is 6.09 Å². The van der Waals surface area contributed by atoms with Crippen molar-refractivity contribution in [3.05, 3.63) is 0 Å². The number of methoxy groups -OCH3 is 1. The third-order valence-electron chi connectivity index (χ3n) is 3.86. The summed E-state index contributed by atoms with van der Waals surface area (Å²) in [7, 11) is 3.25.